The number of benzene rings is 1. The molecule has 0 aliphatic rings. The van der Waals surface area contributed by atoms with E-state index in [1.54, 1.807) is 6.20 Å². The summed E-state index contributed by atoms with van der Waals surface area (Å²) in [6.45, 7) is 2.80. The molecular formula is C19H18N6O2. The van der Waals surface area contributed by atoms with Gasteiger partial charge in [-0.1, -0.05) is 23.4 Å². The SMILES string of the molecule is Cc1cc(CNc2ccc(-c3nc(COc4ccccc4)no3)cn2)n[nH]1. The number of pyridine rings is 1. The number of para-hydroxylation sites is 1. The van der Waals surface area contributed by atoms with Gasteiger partial charge in [0.1, 0.15) is 11.6 Å². The van der Waals surface area contributed by atoms with E-state index in [1.165, 1.54) is 0 Å². The third-order valence-corrected chi connectivity index (χ3v) is 3.80. The van der Waals surface area contributed by atoms with E-state index in [9.17, 15) is 0 Å². The molecule has 0 aliphatic carbocycles. The average Bonchev–Trinajstić information content (AvgIpc) is 3.35. The summed E-state index contributed by atoms with van der Waals surface area (Å²) in [4.78, 5) is 8.72. The lowest BCUT2D eigenvalue weighted by Crippen LogP contribution is -2.01. The number of nitrogens with zero attached hydrogens (tertiary/aromatic N) is 4. The minimum Gasteiger partial charge on any atom is -0.485 e. The highest BCUT2D eigenvalue weighted by Crippen LogP contribution is 2.19. The molecule has 0 atom stereocenters. The van der Waals surface area contributed by atoms with E-state index >= 15 is 0 Å². The summed E-state index contributed by atoms with van der Waals surface area (Å²) in [5, 5.41) is 14.2. The Kier molecular flexibility index (Phi) is 4.78. The second-order valence-corrected chi connectivity index (χ2v) is 5.95. The predicted octanol–water partition coefficient (Wildman–Crippen LogP) is 3.35. The van der Waals surface area contributed by atoms with Crippen molar-refractivity contribution in [1.82, 2.24) is 25.3 Å². The number of hydrogen-bond acceptors (Lipinski definition) is 7. The summed E-state index contributed by atoms with van der Waals surface area (Å²) in [5.41, 5.74) is 2.70. The van der Waals surface area contributed by atoms with Gasteiger partial charge in [0.25, 0.3) is 5.89 Å². The Morgan fingerprint density at radius 2 is 2.04 bits per heavy atom. The van der Waals surface area contributed by atoms with Gasteiger partial charge in [-0.05, 0) is 37.3 Å². The third kappa shape index (κ3) is 4.30. The van der Waals surface area contributed by atoms with Crippen LogP contribution in [0.3, 0.4) is 0 Å². The largest absolute Gasteiger partial charge is 0.485 e. The van der Waals surface area contributed by atoms with Crippen LogP contribution in [0.25, 0.3) is 11.5 Å². The topological polar surface area (TPSA) is 102 Å². The van der Waals surface area contributed by atoms with Crippen molar-refractivity contribution in [3.05, 3.63) is 71.9 Å². The number of aryl methyl sites for hydroxylation is 1. The summed E-state index contributed by atoms with van der Waals surface area (Å²) in [5.74, 6) is 2.38. The zero-order valence-electron chi connectivity index (χ0n) is 14.7. The number of H-pyrrole nitrogens is 1. The molecule has 0 amide bonds. The smallest absolute Gasteiger partial charge is 0.259 e. The van der Waals surface area contributed by atoms with Gasteiger partial charge in [-0.2, -0.15) is 10.1 Å². The first-order valence-corrected chi connectivity index (χ1v) is 8.48. The summed E-state index contributed by atoms with van der Waals surface area (Å²) in [7, 11) is 0. The summed E-state index contributed by atoms with van der Waals surface area (Å²) in [6.07, 6.45) is 1.69. The van der Waals surface area contributed by atoms with Crippen molar-refractivity contribution >= 4 is 5.82 Å². The van der Waals surface area contributed by atoms with Crippen molar-refractivity contribution in [3.8, 4) is 17.2 Å². The maximum Gasteiger partial charge on any atom is 0.259 e. The minimum atomic E-state index is 0.240. The van der Waals surface area contributed by atoms with Crippen LogP contribution in [0.5, 0.6) is 5.75 Å². The van der Waals surface area contributed by atoms with Crippen LogP contribution < -0.4 is 10.1 Å². The molecule has 4 aromatic rings. The molecule has 136 valence electrons. The first-order chi connectivity index (χ1) is 13.3. The highest BCUT2D eigenvalue weighted by atomic mass is 16.5. The van der Waals surface area contributed by atoms with Crippen LogP contribution in [-0.2, 0) is 13.2 Å². The van der Waals surface area contributed by atoms with Crippen LogP contribution >= 0.6 is 0 Å². The third-order valence-electron chi connectivity index (χ3n) is 3.80. The van der Waals surface area contributed by atoms with Crippen molar-refractivity contribution in [3.63, 3.8) is 0 Å². The van der Waals surface area contributed by atoms with E-state index in [0.29, 0.717) is 18.3 Å². The van der Waals surface area contributed by atoms with Gasteiger partial charge in [0.2, 0.25) is 5.82 Å². The second kappa shape index (κ2) is 7.69. The Morgan fingerprint density at radius 3 is 2.78 bits per heavy atom. The number of hydrogen-bond donors (Lipinski definition) is 2. The molecule has 0 fully saturated rings. The van der Waals surface area contributed by atoms with E-state index in [0.717, 1.165) is 28.5 Å². The van der Waals surface area contributed by atoms with Gasteiger partial charge in [0, 0.05) is 11.9 Å². The molecule has 4 rings (SSSR count). The van der Waals surface area contributed by atoms with Gasteiger partial charge >= 0.3 is 0 Å². The molecule has 0 radical (unpaired) electrons. The molecule has 2 N–H and O–H groups in total. The zero-order valence-corrected chi connectivity index (χ0v) is 14.7. The van der Waals surface area contributed by atoms with Gasteiger partial charge < -0.3 is 14.6 Å². The van der Waals surface area contributed by atoms with Crippen molar-refractivity contribution in [2.75, 3.05) is 5.32 Å². The number of ether oxygens (including phenoxy) is 1. The molecule has 0 unspecified atom stereocenters. The lowest BCUT2D eigenvalue weighted by atomic mass is 10.3. The monoisotopic (exact) mass is 362 g/mol. The van der Waals surface area contributed by atoms with Crippen molar-refractivity contribution < 1.29 is 9.26 Å². The molecule has 0 saturated carbocycles. The summed E-state index contributed by atoms with van der Waals surface area (Å²) < 4.78 is 10.9. The van der Waals surface area contributed by atoms with E-state index in [4.69, 9.17) is 9.26 Å². The van der Waals surface area contributed by atoms with Crippen LogP contribution in [0.4, 0.5) is 5.82 Å². The number of rotatable bonds is 7. The molecule has 3 heterocycles. The highest BCUT2D eigenvalue weighted by Gasteiger charge is 2.10. The lowest BCUT2D eigenvalue weighted by Gasteiger charge is -2.03. The average molecular weight is 362 g/mol. The van der Waals surface area contributed by atoms with Crippen LogP contribution in [0.1, 0.15) is 17.2 Å². The first kappa shape index (κ1) is 16.8. The molecule has 0 saturated heterocycles. The molecular weight excluding hydrogens is 344 g/mol. The van der Waals surface area contributed by atoms with E-state index in [2.05, 4.69) is 30.6 Å². The van der Waals surface area contributed by atoms with E-state index in [1.807, 2.05) is 55.5 Å². The normalized spacial score (nSPS) is 10.7. The molecule has 0 aliphatic heterocycles. The van der Waals surface area contributed by atoms with Gasteiger partial charge in [-0.25, -0.2) is 4.98 Å². The van der Waals surface area contributed by atoms with Gasteiger partial charge in [0.15, 0.2) is 6.61 Å². The van der Waals surface area contributed by atoms with Crippen molar-refractivity contribution in [2.45, 2.75) is 20.1 Å². The van der Waals surface area contributed by atoms with Crippen molar-refractivity contribution in [1.29, 1.82) is 0 Å². The van der Waals surface area contributed by atoms with E-state index in [-0.39, 0.29) is 6.61 Å². The Bertz CT molecular complexity index is 994. The maximum absolute atomic E-state index is 5.62. The number of nitrogens with one attached hydrogen (secondary N) is 2. The van der Waals surface area contributed by atoms with Crippen LogP contribution in [-0.4, -0.2) is 25.3 Å². The molecule has 27 heavy (non-hydrogen) atoms. The summed E-state index contributed by atoms with van der Waals surface area (Å²) in [6, 6.07) is 15.2. The molecule has 8 heteroatoms. The standard InChI is InChI=1S/C19H18N6O2/c1-13-9-15(24-23-13)11-21-17-8-7-14(10-20-17)19-22-18(25-27-19)12-26-16-5-3-2-4-6-16/h2-10H,11-12H2,1H3,(H,20,21)(H,23,24). The fourth-order valence-corrected chi connectivity index (χ4v) is 2.47. The minimum absolute atomic E-state index is 0.240. The molecule has 8 nitrogen and oxygen atoms in total. The van der Waals surface area contributed by atoms with Gasteiger partial charge in [-0.15, -0.1) is 0 Å². The zero-order chi connectivity index (χ0) is 18.5. The summed E-state index contributed by atoms with van der Waals surface area (Å²) >= 11 is 0. The predicted molar refractivity (Wildman–Crippen MR) is 99.0 cm³/mol. The number of aromatic amines is 1. The molecule has 0 spiro atoms. The molecule has 3 aromatic heterocycles. The van der Waals surface area contributed by atoms with Gasteiger partial charge in [0.05, 0.1) is 17.8 Å². The number of aromatic nitrogens is 5. The van der Waals surface area contributed by atoms with Gasteiger partial charge in [-0.3, -0.25) is 5.10 Å². The quantitative estimate of drug-likeness (QED) is 0.520. The van der Waals surface area contributed by atoms with Crippen molar-refractivity contribution in [2.24, 2.45) is 0 Å². The van der Waals surface area contributed by atoms with Crippen LogP contribution in [0, 0.1) is 6.92 Å². The number of anilines is 1. The Labute approximate surface area is 155 Å². The highest BCUT2D eigenvalue weighted by molar-refractivity contribution is 5.54. The fraction of sp³-hybridized carbons (Fsp3) is 0.158. The van der Waals surface area contributed by atoms with E-state index < -0.39 is 0 Å². The first-order valence-electron chi connectivity index (χ1n) is 8.48. The van der Waals surface area contributed by atoms with Crippen LogP contribution in [0.15, 0.2) is 59.3 Å². The maximum atomic E-state index is 5.62. The Balaban J connectivity index is 1.35. The Hall–Kier alpha value is -3.68. The molecule has 0 bridgehead atoms. The molecule has 1 aromatic carbocycles. The Morgan fingerprint density at radius 1 is 1.15 bits per heavy atom. The second-order valence-electron chi connectivity index (χ2n) is 5.95. The fourth-order valence-electron chi connectivity index (χ4n) is 2.47. The lowest BCUT2D eigenvalue weighted by molar-refractivity contribution is 0.287. The van der Waals surface area contributed by atoms with Crippen LogP contribution in [0.2, 0.25) is 0 Å².